The van der Waals surface area contributed by atoms with Crippen molar-refractivity contribution in [3.8, 4) is 5.75 Å². The molecule has 1 atom stereocenters. The number of amides is 2. The largest absolute Gasteiger partial charge is 0.505 e. The molecule has 4 aromatic rings. The highest BCUT2D eigenvalue weighted by Crippen LogP contribution is 2.52. The van der Waals surface area contributed by atoms with Crippen molar-refractivity contribution in [2.45, 2.75) is 56.2 Å². The third-order valence-corrected chi connectivity index (χ3v) is 10.0. The number of fused-ring (bicyclic) bond motifs is 3. The van der Waals surface area contributed by atoms with Gasteiger partial charge in [-0.1, -0.05) is 17.7 Å². The maximum absolute atomic E-state index is 15.0. The number of carbonyl (C=O) groups is 2. The van der Waals surface area contributed by atoms with Crippen LogP contribution in [0.1, 0.15) is 64.7 Å². The van der Waals surface area contributed by atoms with E-state index in [1.54, 1.807) is 6.08 Å². The van der Waals surface area contributed by atoms with E-state index in [9.17, 15) is 32.7 Å². The van der Waals surface area contributed by atoms with Crippen molar-refractivity contribution in [3.05, 3.63) is 86.3 Å². The van der Waals surface area contributed by atoms with Crippen LogP contribution in [0.25, 0.3) is 11.4 Å². The van der Waals surface area contributed by atoms with Crippen LogP contribution in [0, 0.1) is 0 Å². The summed E-state index contributed by atoms with van der Waals surface area (Å²) in [5.74, 6) is -3.22. The number of pyridine rings is 1. The van der Waals surface area contributed by atoms with E-state index >= 15 is 8.78 Å². The number of hydrogen-bond acceptors (Lipinski definition) is 8. The van der Waals surface area contributed by atoms with E-state index in [1.807, 2.05) is 0 Å². The molecule has 1 spiro atoms. The second-order valence-corrected chi connectivity index (χ2v) is 13.1. The molecule has 0 bridgehead atoms. The highest BCUT2D eigenvalue weighted by atomic mass is 35.5. The minimum absolute atomic E-state index is 0.0332. The van der Waals surface area contributed by atoms with Gasteiger partial charge in [0.05, 0.1) is 35.4 Å². The van der Waals surface area contributed by atoms with Crippen molar-refractivity contribution in [2.75, 3.05) is 31.6 Å². The molecule has 7 rings (SSSR count). The zero-order valence-corrected chi connectivity index (χ0v) is 27.3. The minimum Gasteiger partial charge on any atom is -0.505 e. The van der Waals surface area contributed by atoms with Crippen molar-refractivity contribution < 1.29 is 41.4 Å². The molecule has 1 fully saturated rings. The third-order valence-electron chi connectivity index (χ3n) is 9.70. The molecule has 2 N–H and O–H groups in total. The van der Waals surface area contributed by atoms with Crippen LogP contribution in [-0.2, 0) is 27.7 Å². The van der Waals surface area contributed by atoms with Crippen LogP contribution in [0.3, 0.4) is 0 Å². The summed E-state index contributed by atoms with van der Waals surface area (Å²) in [6.45, 7) is 0.0886. The number of carbonyl (C=O) groups excluding carboxylic acids is 2. The van der Waals surface area contributed by atoms with Gasteiger partial charge in [0.1, 0.15) is 12.3 Å². The highest BCUT2D eigenvalue weighted by Gasteiger charge is 2.53. The van der Waals surface area contributed by atoms with Crippen LogP contribution < -0.4 is 10.9 Å². The number of piperidine rings is 1. The van der Waals surface area contributed by atoms with E-state index in [0.717, 1.165) is 16.6 Å². The van der Waals surface area contributed by atoms with Gasteiger partial charge in [-0.2, -0.15) is 22.7 Å². The lowest BCUT2D eigenvalue weighted by molar-refractivity contribution is -0.137. The average molecular weight is 734 g/mol. The van der Waals surface area contributed by atoms with E-state index in [1.165, 1.54) is 27.8 Å². The molecular formula is C33H29ClF5N7O5. The van der Waals surface area contributed by atoms with Crippen LogP contribution in [0.5, 0.6) is 5.75 Å². The molecule has 3 aliphatic rings. The molecule has 18 heteroatoms. The summed E-state index contributed by atoms with van der Waals surface area (Å²) in [5.41, 5.74) is -2.56. The molecule has 2 aliphatic heterocycles. The number of rotatable bonds is 6. The van der Waals surface area contributed by atoms with E-state index in [2.05, 4.69) is 20.4 Å². The number of benzene rings is 1. The first-order valence-electron chi connectivity index (χ1n) is 16.0. The Morgan fingerprint density at radius 2 is 1.94 bits per heavy atom. The zero-order valence-electron chi connectivity index (χ0n) is 26.6. The van der Waals surface area contributed by atoms with Crippen molar-refractivity contribution in [1.82, 2.24) is 29.0 Å². The van der Waals surface area contributed by atoms with Gasteiger partial charge in [-0.25, -0.2) is 13.8 Å². The Morgan fingerprint density at radius 1 is 1.18 bits per heavy atom. The lowest BCUT2D eigenvalue weighted by Gasteiger charge is -2.39. The second-order valence-electron chi connectivity index (χ2n) is 12.7. The Balaban J connectivity index is 1.30. The predicted molar refractivity (Wildman–Crippen MR) is 172 cm³/mol. The monoisotopic (exact) mass is 733 g/mol. The van der Waals surface area contributed by atoms with Crippen molar-refractivity contribution in [1.29, 1.82) is 0 Å². The number of hydrogen-bond donors (Lipinski definition) is 2. The van der Waals surface area contributed by atoms with Crippen molar-refractivity contribution in [3.63, 3.8) is 0 Å². The Bertz CT molecular complexity index is 2140. The van der Waals surface area contributed by atoms with Gasteiger partial charge in [0.15, 0.2) is 11.5 Å². The fourth-order valence-electron chi connectivity index (χ4n) is 7.24. The van der Waals surface area contributed by atoms with Gasteiger partial charge >= 0.3 is 6.18 Å². The van der Waals surface area contributed by atoms with Gasteiger partial charge in [0.25, 0.3) is 11.5 Å². The number of alkyl halides is 5. The minimum atomic E-state index is -4.68. The number of nitrogens with one attached hydrogen (secondary N) is 1. The highest BCUT2D eigenvalue weighted by molar-refractivity contribution is 6.33. The van der Waals surface area contributed by atoms with Gasteiger partial charge in [-0.15, -0.1) is 5.10 Å². The quantitative estimate of drug-likeness (QED) is 0.263. The van der Waals surface area contributed by atoms with E-state index in [-0.39, 0.29) is 78.9 Å². The molecule has 1 aliphatic carbocycles. The topological polar surface area (TPSA) is 144 Å². The standard InChI is InChI=1S/C33H29ClF5N7O5/c34-20-14-18(33(37,38)39)3-4-21(20)41-23(48)16-45-26-19(27(35)36)15-32(7-10-44(11-8-32)30(50)25-22(47)2-1-9-40-25)24(26)29(49)46-31(45)42-28(43-46)17-5-12-51-13-6-17/h1-5,9,14,19,27,47H,6-8,10-13,15-16H2,(H,41,48). The molecule has 2 amide bonds. The van der Waals surface area contributed by atoms with E-state index < -0.39 is 58.4 Å². The predicted octanol–water partition coefficient (Wildman–Crippen LogP) is 5.03. The van der Waals surface area contributed by atoms with Crippen LogP contribution in [0.15, 0.2) is 47.4 Å². The molecule has 1 aromatic carbocycles. The molecule has 12 nitrogen and oxygen atoms in total. The van der Waals surface area contributed by atoms with Gasteiger partial charge in [-0.05, 0) is 61.6 Å². The second kappa shape index (κ2) is 13.0. The summed E-state index contributed by atoms with van der Waals surface area (Å²) in [6.07, 6.45) is -4.08. The van der Waals surface area contributed by atoms with Crippen LogP contribution in [0.4, 0.5) is 27.6 Å². The van der Waals surface area contributed by atoms with Crippen LogP contribution in [0.2, 0.25) is 5.02 Å². The Morgan fingerprint density at radius 3 is 2.59 bits per heavy atom. The van der Waals surface area contributed by atoms with Crippen molar-refractivity contribution >= 4 is 40.5 Å². The first kappa shape index (κ1) is 34.5. The molecular weight excluding hydrogens is 705 g/mol. The van der Waals surface area contributed by atoms with E-state index in [4.69, 9.17) is 16.3 Å². The summed E-state index contributed by atoms with van der Waals surface area (Å²) in [4.78, 5) is 51.1. The molecule has 268 valence electrons. The number of anilines is 1. The smallest absolute Gasteiger partial charge is 0.416 e. The molecule has 51 heavy (non-hydrogen) atoms. The number of aromatic hydroxyl groups is 1. The fraction of sp³-hybridized carbons (Fsp3) is 0.394. The number of likely N-dealkylation sites (tertiary alicyclic amines) is 1. The Hall–Kier alpha value is -4.90. The fourth-order valence-corrected chi connectivity index (χ4v) is 7.46. The summed E-state index contributed by atoms with van der Waals surface area (Å²) in [7, 11) is 0. The van der Waals surface area contributed by atoms with Crippen LogP contribution >= 0.6 is 11.6 Å². The Kier molecular flexibility index (Phi) is 8.81. The number of ether oxygens (including phenoxy) is 1. The zero-order chi connectivity index (χ0) is 36.2. The lowest BCUT2D eigenvalue weighted by atomic mass is 9.73. The van der Waals surface area contributed by atoms with Gasteiger partial charge in [-0.3, -0.25) is 14.4 Å². The molecule has 5 heterocycles. The molecule has 1 unspecified atom stereocenters. The van der Waals surface area contributed by atoms with Crippen LogP contribution in [-0.4, -0.2) is 78.7 Å². The Labute approximate surface area is 290 Å². The third kappa shape index (κ3) is 6.22. The normalized spacial score (nSPS) is 18.7. The summed E-state index contributed by atoms with van der Waals surface area (Å²) in [5, 5.41) is 16.7. The maximum Gasteiger partial charge on any atom is 0.416 e. The maximum atomic E-state index is 15.0. The number of halogens is 6. The lowest BCUT2D eigenvalue weighted by Crippen LogP contribution is -2.46. The number of nitrogens with zero attached hydrogens (tertiary/aromatic N) is 6. The molecule has 1 saturated heterocycles. The van der Waals surface area contributed by atoms with Crippen molar-refractivity contribution in [2.24, 2.45) is 0 Å². The molecule has 3 aromatic heterocycles. The van der Waals surface area contributed by atoms with E-state index in [0.29, 0.717) is 24.7 Å². The SMILES string of the molecule is O=C(Cn1c2c(c(=O)n3nc(C4=CCOCC4)nc13)C1(CCN(C(=O)c3ncccc3O)CC1)CC2C(F)F)Nc1ccc(C(F)(F)F)cc1Cl. The van der Waals surface area contributed by atoms with Gasteiger partial charge < -0.3 is 24.6 Å². The summed E-state index contributed by atoms with van der Waals surface area (Å²) < 4.78 is 77.2. The number of aromatic nitrogens is 5. The van der Waals surface area contributed by atoms with Gasteiger partial charge in [0.2, 0.25) is 18.1 Å². The molecule has 0 saturated carbocycles. The molecule has 0 radical (unpaired) electrons. The first-order valence-corrected chi connectivity index (χ1v) is 16.3. The summed E-state index contributed by atoms with van der Waals surface area (Å²) in [6, 6.07) is 5.17. The summed E-state index contributed by atoms with van der Waals surface area (Å²) >= 11 is 6.07. The van der Waals surface area contributed by atoms with Gasteiger partial charge in [0, 0.05) is 36.0 Å². The first-order chi connectivity index (χ1) is 24.3. The average Bonchev–Trinajstić information content (AvgIpc) is 3.69.